The van der Waals surface area contributed by atoms with Crippen molar-refractivity contribution in [3.63, 3.8) is 0 Å². The van der Waals surface area contributed by atoms with E-state index in [-0.39, 0.29) is 30.5 Å². The number of ether oxygens (including phenoxy) is 1. The van der Waals surface area contributed by atoms with E-state index in [0.717, 1.165) is 11.3 Å². The third-order valence-electron chi connectivity index (χ3n) is 4.31. The van der Waals surface area contributed by atoms with Crippen LogP contribution in [0.1, 0.15) is 17.0 Å². The van der Waals surface area contributed by atoms with Crippen molar-refractivity contribution in [3.8, 4) is 0 Å². The number of aryl methyl sites for hydroxylation is 3. The molecule has 1 aliphatic heterocycles. The molecular weight excluding hydrogens is 356 g/mol. The maximum Gasteiger partial charge on any atom is 0.253 e. The molecule has 1 unspecified atom stereocenters. The molecule has 140 valence electrons. The van der Waals surface area contributed by atoms with Crippen LogP contribution in [0.2, 0.25) is 0 Å². The van der Waals surface area contributed by atoms with Crippen LogP contribution in [0.5, 0.6) is 0 Å². The molecule has 1 aromatic heterocycles. The topological polar surface area (TPSA) is 104 Å². The number of morpholine rings is 1. The lowest BCUT2D eigenvalue weighted by atomic mass is 10.2. The van der Waals surface area contributed by atoms with Crippen LogP contribution in [-0.2, 0) is 19.6 Å². The van der Waals surface area contributed by atoms with Gasteiger partial charge < -0.3 is 9.64 Å². The summed E-state index contributed by atoms with van der Waals surface area (Å²) < 4.78 is 33.1. The highest BCUT2D eigenvalue weighted by Crippen LogP contribution is 2.20. The second-order valence-electron chi connectivity index (χ2n) is 6.39. The number of aromatic amines is 1. The van der Waals surface area contributed by atoms with Gasteiger partial charge in [-0.1, -0.05) is 17.7 Å². The largest absolute Gasteiger partial charge is 0.365 e. The normalized spacial score (nSPS) is 18.3. The highest BCUT2D eigenvalue weighted by atomic mass is 32.2. The zero-order valence-electron chi connectivity index (χ0n) is 14.9. The van der Waals surface area contributed by atoms with Gasteiger partial charge in [-0.2, -0.15) is 5.10 Å². The molecule has 26 heavy (non-hydrogen) atoms. The van der Waals surface area contributed by atoms with Gasteiger partial charge in [0.1, 0.15) is 11.5 Å². The number of hydrogen-bond donors (Lipinski definition) is 2. The number of aromatic nitrogens is 2. The average molecular weight is 378 g/mol. The first-order valence-electron chi connectivity index (χ1n) is 8.28. The van der Waals surface area contributed by atoms with Gasteiger partial charge in [0.2, 0.25) is 10.0 Å². The van der Waals surface area contributed by atoms with Crippen LogP contribution in [0, 0.1) is 20.8 Å². The first kappa shape index (κ1) is 18.6. The number of nitrogens with one attached hydrogen (secondary N) is 2. The van der Waals surface area contributed by atoms with Crippen molar-refractivity contribution < 1.29 is 17.9 Å². The fraction of sp³-hybridized carbons (Fsp3) is 0.412. The highest BCUT2D eigenvalue weighted by molar-refractivity contribution is 7.89. The summed E-state index contributed by atoms with van der Waals surface area (Å²) in [5.74, 6) is -0.144. The van der Waals surface area contributed by atoms with Gasteiger partial charge in [-0.15, -0.1) is 0 Å². The van der Waals surface area contributed by atoms with E-state index in [0.29, 0.717) is 11.4 Å². The first-order chi connectivity index (χ1) is 12.3. The van der Waals surface area contributed by atoms with Crippen molar-refractivity contribution in [3.05, 3.63) is 41.2 Å². The van der Waals surface area contributed by atoms with E-state index in [9.17, 15) is 13.2 Å². The number of benzene rings is 1. The maximum absolute atomic E-state index is 12.5. The molecule has 0 aliphatic carbocycles. The number of carbonyl (C=O) groups excluding carboxylic acids is 1. The SMILES string of the molecule is Cc1ccc(N2CC(CNS(=O)(=O)c3c(C)n[nH]c3C)OCC2=O)cc1. The smallest absolute Gasteiger partial charge is 0.253 e. The van der Waals surface area contributed by atoms with Crippen LogP contribution in [-0.4, -0.2) is 50.3 Å². The molecule has 1 fully saturated rings. The Bertz CT molecular complexity index is 886. The first-order valence-corrected chi connectivity index (χ1v) is 9.76. The van der Waals surface area contributed by atoms with Crippen molar-refractivity contribution in [2.24, 2.45) is 0 Å². The van der Waals surface area contributed by atoms with E-state index in [1.54, 1.807) is 18.7 Å². The van der Waals surface area contributed by atoms with Gasteiger partial charge in [-0.25, -0.2) is 13.1 Å². The fourth-order valence-corrected chi connectivity index (χ4v) is 4.37. The quantitative estimate of drug-likeness (QED) is 0.809. The molecule has 1 aromatic carbocycles. The van der Waals surface area contributed by atoms with E-state index in [4.69, 9.17) is 4.74 Å². The molecule has 0 radical (unpaired) electrons. The number of sulfonamides is 1. The zero-order chi connectivity index (χ0) is 18.9. The lowest BCUT2D eigenvalue weighted by Crippen LogP contribution is -2.50. The molecule has 9 heteroatoms. The standard InChI is InChI=1S/C17H22N4O4S/c1-11-4-6-14(7-5-11)21-9-15(25-10-16(21)22)8-18-26(23,24)17-12(2)19-20-13(17)3/h4-7,15,18H,8-10H2,1-3H3,(H,19,20). The molecule has 0 bridgehead atoms. The van der Waals surface area contributed by atoms with E-state index < -0.39 is 16.1 Å². The molecule has 2 N–H and O–H groups in total. The Labute approximate surface area is 152 Å². The monoisotopic (exact) mass is 378 g/mol. The molecular formula is C17H22N4O4S. The minimum Gasteiger partial charge on any atom is -0.365 e. The maximum atomic E-state index is 12.5. The summed E-state index contributed by atoms with van der Waals surface area (Å²) >= 11 is 0. The van der Waals surface area contributed by atoms with Gasteiger partial charge in [0.05, 0.1) is 24.0 Å². The van der Waals surface area contributed by atoms with Crippen molar-refractivity contribution in [1.29, 1.82) is 0 Å². The number of anilines is 1. The lowest BCUT2D eigenvalue weighted by Gasteiger charge is -2.32. The molecule has 8 nitrogen and oxygen atoms in total. The molecule has 1 atom stereocenters. The number of amides is 1. The lowest BCUT2D eigenvalue weighted by molar-refractivity contribution is -0.129. The second-order valence-corrected chi connectivity index (χ2v) is 8.09. The van der Waals surface area contributed by atoms with E-state index in [2.05, 4.69) is 14.9 Å². The van der Waals surface area contributed by atoms with Gasteiger partial charge in [0.15, 0.2) is 0 Å². The predicted octanol–water partition coefficient (Wildman–Crippen LogP) is 1.05. The van der Waals surface area contributed by atoms with Crippen LogP contribution in [0.25, 0.3) is 0 Å². The van der Waals surface area contributed by atoms with Crippen molar-refractivity contribution in [2.75, 3.05) is 24.6 Å². The fourth-order valence-electron chi connectivity index (χ4n) is 2.93. The molecule has 1 saturated heterocycles. The number of nitrogens with zero attached hydrogens (tertiary/aromatic N) is 2. The number of carbonyl (C=O) groups is 1. The minimum atomic E-state index is -3.71. The number of rotatable bonds is 5. The van der Waals surface area contributed by atoms with Gasteiger partial charge in [0, 0.05) is 12.2 Å². The van der Waals surface area contributed by atoms with E-state index >= 15 is 0 Å². The van der Waals surface area contributed by atoms with Crippen LogP contribution in [0.3, 0.4) is 0 Å². The summed E-state index contributed by atoms with van der Waals surface area (Å²) in [5, 5.41) is 6.58. The minimum absolute atomic E-state index is 0.0715. The third-order valence-corrected chi connectivity index (χ3v) is 5.99. The molecule has 0 spiro atoms. The summed E-state index contributed by atoms with van der Waals surface area (Å²) in [5.41, 5.74) is 2.77. The Morgan fingerprint density at radius 1 is 1.27 bits per heavy atom. The van der Waals surface area contributed by atoms with Crippen LogP contribution < -0.4 is 9.62 Å². The summed E-state index contributed by atoms with van der Waals surface area (Å²) in [6.07, 6.45) is -0.434. The third kappa shape index (κ3) is 3.79. The van der Waals surface area contributed by atoms with Crippen molar-refractivity contribution in [2.45, 2.75) is 31.8 Å². The Hall–Kier alpha value is -2.23. The molecule has 2 aromatic rings. The summed E-state index contributed by atoms with van der Waals surface area (Å²) in [6.45, 7) is 5.54. The zero-order valence-corrected chi connectivity index (χ0v) is 15.8. The molecule has 1 amide bonds. The molecule has 0 saturated carbocycles. The highest BCUT2D eigenvalue weighted by Gasteiger charge is 2.29. The molecule has 2 heterocycles. The van der Waals surface area contributed by atoms with Crippen LogP contribution in [0.4, 0.5) is 5.69 Å². The van der Waals surface area contributed by atoms with E-state index in [1.165, 1.54) is 0 Å². The van der Waals surface area contributed by atoms with E-state index in [1.807, 2.05) is 31.2 Å². The Morgan fingerprint density at radius 2 is 1.96 bits per heavy atom. The van der Waals surface area contributed by atoms with Gasteiger partial charge in [-0.3, -0.25) is 9.89 Å². The Kier molecular flexibility index (Phi) is 5.12. The van der Waals surface area contributed by atoms with Crippen molar-refractivity contribution in [1.82, 2.24) is 14.9 Å². The summed E-state index contributed by atoms with van der Waals surface area (Å²) in [7, 11) is -3.71. The molecule has 1 aliphatic rings. The average Bonchev–Trinajstić information content (AvgIpc) is 2.94. The predicted molar refractivity (Wildman–Crippen MR) is 96.5 cm³/mol. The van der Waals surface area contributed by atoms with Gasteiger partial charge >= 0.3 is 0 Å². The number of hydrogen-bond acceptors (Lipinski definition) is 5. The molecule has 3 rings (SSSR count). The van der Waals surface area contributed by atoms with Crippen LogP contribution >= 0.6 is 0 Å². The Morgan fingerprint density at radius 3 is 2.58 bits per heavy atom. The summed E-state index contributed by atoms with van der Waals surface area (Å²) in [4.78, 5) is 13.9. The van der Waals surface area contributed by atoms with Crippen molar-refractivity contribution >= 4 is 21.6 Å². The second kappa shape index (κ2) is 7.18. The summed E-state index contributed by atoms with van der Waals surface area (Å²) in [6, 6.07) is 7.61. The Balaban J connectivity index is 1.69. The number of H-pyrrole nitrogens is 1. The van der Waals surface area contributed by atoms with Crippen LogP contribution in [0.15, 0.2) is 29.2 Å². The van der Waals surface area contributed by atoms with Gasteiger partial charge in [-0.05, 0) is 32.9 Å². The van der Waals surface area contributed by atoms with Gasteiger partial charge in [0.25, 0.3) is 5.91 Å².